The number of hydrogen-bond acceptors (Lipinski definition) is 3. The fraction of sp³-hybridized carbons (Fsp3) is 0.231. The molecule has 2 rings (SSSR count). The summed E-state index contributed by atoms with van der Waals surface area (Å²) in [5.74, 6) is -0.549. The molecule has 0 saturated carbocycles. The smallest absolute Gasteiger partial charge is 0.416 e. The first-order valence-corrected chi connectivity index (χ1v) is 6.82. The molecule has 1 aromatic heterocycles. The highest BCUT2D eigenvalue weighted by atomic mass is 127. The van der Waals surface area contributed by atoms with E-state index in [4.69, 9.17) is 0 Å². The van der Waals surface area contributed by atoms with Gasteiger partial charge in [0.25, 0.3) is 0 Å². The van der Waals surface area contributed by atoms with E-state index in [1.54, 1.807) is 7.05 Å². The summed E-state index contributed by atoms with van der Waals surface area (Å²) in [7, 11) is 2.82. The number of carbonyl (C=O) groups is 1. The quantitative estimate of drug-likeness (QED) is 0.563. The van der Waals surface area contributed by atoms with Gasteiger partial charge in [-0.3, -0.25) is 4.68 Å². The van der Waals surface area contributed by atoms with Crippen LogP contribution in [-0.4, -0.2) is 22.9 Å². The van der Waals surface area contributed by atoms with Crippen molar-refractivity contribution in [1.82, 2.24) is 9.78 Å². The SMILES string of the molecule is COC(=O)c1c(I)c(-c2ccc(C(F)(F)F)cc2)nn1C. The number of alkyl halides is 3. The molecule has 8 heteroatoms. The van der Waals surface area contributed by atoms with Gasteiger partial charge in [-0.15, -0.1) is 0 Å². The van der Waals surface area contributed by atoms with Gasteiger partial charge >= 0.3 is 12.1 Å². The summed E-state index contributed by atoms with van der Waals surface area (Å²) in [5, 5.41) is 4.17. The third kappa shape index (κ3) is 3.04. The molecule has 0 N–H and O–H groups in total. The van der Waals surface area contributed by atoms with E-state index >= 15 is 0 Å². The summed E-state index contributed by atoms with van der Waals surface area (Å²) < 4.78 is 44.2. The molecule has 0 bridgehead atoms. The molecule has 1 heterocycles. The maximum atomic E-state index is 12.5. The molecule has 0 saturated heterocycles. The summed E-state index contributed by atoms with van der Waals surface area (Å²) in [6.45, 7) is 0. The van der Waals surface area contributed by atoms with Gasteiger partial charge in [0.1, 0.15) is 5.69 Å². The first-order chi connectivity index (χ1) is 9.75. The minimum absolute atomic E-state index is 0.257. The number of benzene rings is 1. The molecular weight excluding hydrogens is 400 g/mol. The van der Waals surface area contributed by atoms with Gasteiger partial charge in [0.15, 0.2) is 5.69 Å². The van der Waals surface area contributed by atoms with E-state index in [1.165, 1.54) is 23.9 Å². The average molecular weight is 410 g/mol. The fourth-order valence-corrected chi connectivity index (χ4v) is 2.81. The van der Waals surface area contributed by atoms with Crippen molar-refractivity contribution in [2.45, 2.75) is 6.18 Å². The highest BCUT2D eigenvalue weighted by Crippen LogP contribution is 2.32. The lowest BCUT2D eigenvalue weighted by Crippen LogP contribution is -2.09. The Morgan fingerprint density at radius 1 is 1.29 bits per heavy atom. The zero-order valence-electron chi connectivity index (χ0n) is 11.0. The number of hydrogen-bond donors (Lipinski definition) is 0. The van der Waals surface area contributed by atoms with Crippen LogP contribution in [0.15, 0.2) is 24.3 Å². The standard InChI is InChI=1S/C13H10F3IN2O2/c1-19-11(12(20)21-2)9(17)10(18-19)7-3-5-8(6-4-7)13(14,15)16/h3-6H,1-2H3. The van der Waals surface area contributed by atoms with Crippen molar-refractivity contribution < 1.29 is 22.7 Å². The van der Waals surface area contributed by atoms with Crippen molar-refractivity contribution in [3.05, 3.63) is 39.1 Å². The van der Waals surface area contributed by atoms with Crippen molar-refractivity contribution in [3.8, 4) is 11.3 Å². The van der Waals surface area contributed by atoms with Crippen LogP contribution in [0.4, 0.5) is 13.2 Å². The third-order valence-electron chi connectivity index (χ3n) is 2.85. The monoisotopic (exact) mass is 410 g/mol. The number of esters is 1. The minimum Gasteiger partial charge on any atom is -0.464 e. The number of carbonyl (C=O) groups excluding carboxylic acids is 1. The van der Waals surface area contributed by atoms with Gasteiger partial charge < -0.3 is 4.74 Å². The zero-order valence-corrected chi connectivity index (χ0v) is 13.2. The number of halogens is 4. The summed E-state index contributed by atoms with van der Waals surface area (Å²) >= 11 is 1.92. The number of ether oxygens (including phenoxy) is 1. The van der Waals surface area contributed by atoms with E-state index in [1.807, 2.05) is 22.6 Å². The molecule has 0 aliphatic rings. The lowest BCUT2D eigenvalue weighted by Gasteiger charge is -2.06. The molecule has 112 valence electrons. The molecule has 0 unspecified atom stereocenters. The van der Waals surface area contributed by atoms with Crippen molar-refractivity contribution in [2.75, 3.05) is 7.11 Å². The zero-order chi connectivity index (χ0) is 15.8. The predicted molar refractivity (Wildman–Crippen MR) is 77.7 cm³/mol. The van der Waals surface area contributed by atoms with Gasteiger partial charge in [-0.25, -0.2) is 4.79 Å². The van der Waals surface area contributed by atoms with E-state index in [0.717, 1.165) is 12.1 Å². The fourth-order valence-electron chi connectivity index (χ4n) is 1.82. The Balaban J connectivity index is 2.46. The lowest BCUT2D eigenvalue weighted by molar-refractivity contribution is -0.137. The highest BCUT2D eigenvalue weighted by molar-refractivity contribution is 14.1. The number of nitrogens with zero attached hydrogens (tertiary/aromatic N) is 2. The van der Waals surface area contributed by atoms with Crippen LogP contribution in [0.2, 0.25) is 0 Å². The largest absolute Gasteiger partial charge is 0.464 e. The molecule has 0 aliphatic carbocycles. The molecule has 0 spiro atoms. The number of aryl methyl sites for hydroxylation is 1. The maximum Gasteiger partial charge on any atom is 0.416 e. The lowest BCUT2D eigenvalue weighted by atomic mass is 10.1. The summed E-state index contributed by atoms with van der Waals surface area (Å²) in [5.41, 5.74) is 0.462. The first-order valence-electron chi connectivity index (χ1n) is 5.74. The van der Waals surface area contributed by atoms with E-state index in [0.29, 0.717) is 14.8 Å². The van der Waals surface area contributed by atoms with Gasteiger partial charge in [0.2, 0.25) is 0 Å². The normalized spacial score (nSPS) is 11.5. The molecule has 0 amide bonds. The molecule has 21 heavy (non-hydrogen) atoms. The third-order valence-corrected chi connectivity index (χ3v) is 3.88. The Morgan fingerprint density at radius 2 is 1.86 bits per heavy atom. The highest BCUT2D eigenvalue weighted by Gasteiger charge is 2.30. The summed E-state index contributed by atoms with van der Waals surface area (Å²) in [6.07, 6.45) is -4.38. The molecule has 0 radical (unpaired) electrons. The van der Waals surface area contributed by atoms with E-state index in [2.05, 4.69) is 9.84 Å². The second-order valence-corrected chi connectivity index (χ2v) is 5.28. The number of rotatable bonds is 2. The number of aromatic nitrogens is 2. The van der Waals surface area contributed by atoms with E-state index in [-0.39, 0.29) is 5.69 Å². The predicted octanol–water partition coefficient (Wildman–Crippen LogP) is 3.50. The molecule has 0 fully saturated rings. The van der Waals surface area contributed by atoms with Crippen LogP contribution in [0.1, 0.15) is 16.1 Å². The molecular formula is C13H10F3IN2O2. The summed E-state index contributed by atoms with van der Waals surface area (Å²) in [4.78, 5) is 11.6. The molecule has 0 atom stereocenters. The second kappa shape index (κ2) is 5.66. The van der Waals surface area contributed by atoms with Crippen LogP contribution in [0.3, 0.4) is 0 Å². The first kappa shape index (κ1) is 15.8. The second-order valence-electron chi connectivity index (χ2n) is 4.20. The molecule has 4 nitrogen and oxygen atoms in total. The average Bonchev–Trinajstić information content (AvgIpc) is 2.72. The van der Waals surface area contributed by atoms with Crippen LogP contribution in [0.5, 0.6) is 0 Å². The Morgan fingerprint density at radius 3 is 2.33 bits per heavy atom. The summed E-state index contributed by atoms with van der Waals surface area (Å²) in [6, 6.07) is 4.62. The van der Waals surface area contributed by atoms with Crippen LogP contribution in [0, 0.1) is 3.57 Å². The van der Waals surface area contributed by atoms with E-state index in [9.17, 15) is 18.0 Å². The Kier molecular flexibility index (Phi) is 4.26. The van der Waals surface area contributed by atoms with Crippen LogP contribution >= 0.6 is 22.6 Å². The Bertz CT molecular complexity index is 678. The topological polar surface area (TPSA) is 44.1 Å². The van der Waals surface area contributed by atoms with Crippen molar-refractivity contribution in [3.63, 3.8) is 0 Å². The van der Waals surface area contributed by atoms with Gasteiger partial charge in [-0.2, -0.15) is 18.3 Å². The molecule has 2 aromatic rings. The van der Waals surface area contributed by atoms with Crippen molar-refractivity contribution in [2.24, 2.45) is 7.05 Å². The molecule has 0 aliphatic heterocycles. The van der Waals surface area contributed by atoms with E-state index < -0.39 is 17.7 Å². The maximum absolute atomic E-state index is 12.5. The van der Waals surface area contributed by atoms with Crippen molar-refractivity contribution >= 4 is 28.6 Å². The van der Waals surface area contributed by atoms with Gasteiger partial charge in [-0.05, 0) is 34.7 Å². The van der Waals surface area contributed by atoms with Crippen LogP contribution < -0.4 is 0 Å². The minimum atomic E-state index is -4.38. The molecule has 1 aromatic carbocycles. The van der Waals surface area contributed by atoms with Crippen LogP contribution in [0.25, 0.3) is 11.3 Å². The van der Waals surface area contributed by atoms with Gasteiger partial charge in [0.05, 0.1) is 16.2 Å². The van der Waals surface area contributed by atoms with Gasteiger partial charge in [0, 0.05) is 12.6 Å². The van der Waals surface area contributed by atoms with Crippen molar-refractivity contribution in [1.29, 1.82) is 0 Å². The number of methoxy groups -OCH3 is 1. The van der Waals surface area contributed by atoms with Crippen LogP contribution in [-0.2, 0) is 18.0 Å². The van der Waals surface area contributed by atoms with Gasteiger partial charge in [-0.1, -0.05) is 12.1 Å². The Hall–Kier alpha value is -1.58. The Labute approximate surface area is 132 Å².